The van der Waals surface area contributed by atoms with Gasteiger partial charge in [-0.25, -0.2) is 0 Å². The first-order valence-corrected chi connectivity index (χ1v) is 6.78. The van der Waals surface area contributed by atoms with Gasteiger partial charge in [-0.1, -0.05) is 12.1 Å². The Hall–Kier alpha value is -1.98. The number of imide groups is 1. The van der Waals surface area contributed by atoms with Crippen molar-refractivity contribution in [1.29, 1.82) is 0 Å². The summed E-state index contributed by atoms with van der Waals surface area (Å²) in [5, 5.41) is 13.7. The fraction of sp³-hybridized carbons (Fsp3) is 0.143. The zero-order chi connectivity index (χ0) is 13.4. The van der Waals surface area contributed by atoms with Crippen LogP contribution >= 0.6 is 11.3 Å². The second kappa shape index (κ2) is 4.60. The van der Waals surface area contributed by atoms with E-state index in [-0.39, 0.29) is 18.4 Å². The molecule has 1 aromatic heterocycles. The molecule has 0 bridgehead atoms. The van der Waals surface area contributed by atoms with Crippen LogP contribution in [0, 0.1) is 0 Å². The summed E-state index contributed by atoms with van der Waals surface area (Å²) in [6.45, 7) is -0.0108. The number of carbonyl (C=O) groups is 2. The van der Waals surface area contributed by atoms with Gasteiger partial charge < -0.3 is 5.11 Å². The van der Waals surface area contributed by atoms with E-state index in [2.05, 4.69) is 0 Å². The highest BCUT2D eigenvalue weighted by Gasteiger charge is 2.36. The summed E-state index contributed by atoms with van der Waals surface area (Å²) >= 11 is 1.47. The van der Waals surface area contributed by atoms with Crippen molar-refractivity contribution in [3.05, 3.63) is 57.8 Å². The molecule has 1 aliphatic heterocycles. The molecule has 1 aromatic carbocycles. The van der Waals surface area contributed by atoms with Gasteiger partial charge in [0.05, 0.1) is 23.8 Å². The van der Waals surface area contributed by atoms with Crippen molar-refractivity contribution >= 4 is 23.2 Å². The van der Waals surface area contributed by atoms with Crippen LogP contribution in [0.1, 0.15) is 32.4 Å². The van der Waals surface area contributed by atoms with Gasteiger partial charge in [0.2, 0.25) is 0 Å². The molecule has 4 nitrogen and oxygen atoms in total. The molecule has 1 aliphatic rings. The van der Waals surface area contributed by atoms with Gasteiger partial charge in [-0.05, 0) is 34.5 Å². The first kappa shape index (κ1) is 12.1. The van der Waals surface area contributed by atoms with E-state index in [9.17, 15) is 14.7 Å². The molecule has 2 heterocycles. The Morgan fingerprint density at radius 2 is 1.74 bits per heavy atom. The second-order valence-corrected chi connectivity index (χ2v) is 5.12. The molecule has 96 valence electrons. The van der Waals surface area contributed by atoms with E-state index in [0.717, 1.165) is 10.5 Å². The number of hydrogen-bond donors (Lipinski definition) is 1. The lowest BCUT2D eigenvalue weighted by Gasteiger charge is -2.17. The number of fused-ring (bicyclic) bond motifs is 1. The van der Waals surface area contributed by atoms with E-state index in [1.807, 2.05) is 10.8 Å². The molecule has 1 unspecified atom stereocenters. The monoisotopic (exact) mass is 273 g/mol. The highest BCUT2D eigenvalue weighted by Crippen LogP contribution is 2.25. The lowest BCUT2D eigenvalue weighted by molar-refractivity contribution is 0.0544. The Bertz CT molecular complexity index is 601. The van der Waals surface area contributed by atoms with Gasteiger partial charge in [0.25, 0.3) is 11.8 Å². The molecule has 0 saturated heterocycles. The van der Waals surface area contributed by atoms with Crippen LogP contribution in [-0.4, -0.2) is 28.4 Å². The van der Waals surface area contributed by atoms with Crippen molar-refractivity contribution in [1.82, 2.24) is 4.90 Å². The molecule has 3 rings (SSSR count). The van der Waals surface area contributed by atoms with E-state index in [1.165, 1.54) is 11.3 Å². The molecule has 0 spiro atoms. The normalized spacial score (nSPS) is 15.7. The lowest BCUT2D eigenvalue weighted by atomic mass is 10.1. The number of aliphatic hydroxyl groups is 1. The number of thiophene rings is 1. The maximum atomic E-state index is 12.1. The molecular weight excluding hydrogens is 262 g/mol. The SMILES string of the molecule is O=C1c2ccccc2C(=O)N1CC(O)c1ccsc1. The van der Waals surface area contributed by atoms with Crippen molar-refractivity contribution < 1.29 is 14.7 Å². The highest BCUT2D eigenvalue weighted by molar-refractivity contribution is 7.07. The molecule has 5 heteroatoms. The van der Waals surface area contributed by atoms with Crippen LogP contribution < -0.4 is 0 Å². The minimum absolute atomic E-state index is 0.0108. The molecule has 0 fully saturated rings. The minimum Gasteiger partial charge on any atom is -0.387 e. The van der Waals surface area contributed by atoms with Crippen LogP contribution in [0.3, 0.4) is 0 Å². The van der Waals surface area contributed by atoms with Crippen LogP contribution in [0.25, 0.3) is 0 Å². The van der Waals surface area contributed by atoms with Crippen molar-refractivity contribution in [2.45, 2.75) is 6.10 Å². The average molecular weight is 273 g/mol. The third kappa shape index (κ3) is 1.97. The molecule has 0 saturated carbocycles. The van der Waals surface area contributed by atoms with E-state index in [1.54, 1.807) is 30.3 Å². The van der Waals surface area contributed by atoms with E-state index in [0.29, 0.717) is 11.1 Å². The fourth-order valence-electron chi connectivity index (χ4n) is 2.15. The minimum atomic E-state index is -0.839. The standard InChI is InChI=1S/C14H11NO3S/c16-12(9-5-6-19-8-9)7-15-13(17)10-3-1-2-4-11(10)14(15)18/h1-6,8,12,16H,7H2. The van der Waals surface area contributed by atoms with Crippen LogP contribution in [0.4, 0.5) is 0 Å². The summed E-state index contributed by atoms with van der Waals surface area (Å²) in [4.78, 5) is 25.3. The van der Waals surface area contributed by atoms with Gasteiger partial charge >= 0.3 is 0 Å². The Labute approximate surface area is 113 Å². The maximum Gasteiger partial charge on any atom is 0.261 e. The van der Waals surface area contributed by atoms with Crippen molar-refractivity contribution in [3.63, 3.8) is 0 Å². The summed E-state index contributed by atoms with van der Waals surface area (Å²) < 4.78 is 0. The predicted octanol–water partition coefficient (Wildman–Crippen LogP) is 2.08. The number of nitrogens with zero attached hydrogens (tertiary/aromatic N) is 1. The summed E-state index contributed by atoms with van der Waals surface area (Å²) in [5.74, 6) is -0.676. The van der Waals surface area contributed by atoms with E-state index in [4.69, 9.17) is 0 Å². The summed E-state index contributed by atoms with van der Waals surface area (Å²) in [5.41, 5.74) is 1.54. The summed E-state index contributed by atoms with van der Waals surface area (Å²) in [6.07, 6.45) is -0.839. The van der Waals surface area contributed by atoms with Crippen molar-refractivity contribution in [2.24, 2.45) is 0 Å². The first-order chi connectivity index (χ1) is 9.18. The first-order valence-electron chi connectivity index (χ1n) is 5.84. The predicted molar refractivity (Wildman–Crippen MR) is 71.1 cm³/mol. The third-order valence-corrected chi connectivity index (χ3v) is 3.86. The molecular formula is C14H11NO3S. The van der Waals surface area contributed by atoms with Gasteiger partial charge in [-0.15, -0.1) is 0 Å². The Morgan fingerprint density at radius 3 is 2.26 bits per heavy atom. The third-order valence-electron chi connectivity index (χ3n) is 3.16. The van der Waals surface area contributed by atoms with Gasteiger partial charge in [0.15, 0.2) is 0 Å². The van der Waals surface area contributed by atoms with Gasteiger partial charge in [-0.2, -0.15) is 11.3 Å². The molecule has 2 amide bonds. The number of carbonyl (C=O) groups excluding carboxylic acids is 2. The summed E-state index contributed by atoms with van der Waals surface area (Å²) in [6, 6.07) is 8.50. The van der Waals surface area contributed by atoms with Crippen LogP contribution in [-0.2, 0) is 0 Å². The topological polar surface area (TPSA) is 57.6 Å². The van der Waals surface area contributed by atoms with Crippen molar-refractivity contribution in [2.75, 3.05) is 6.54 Å². The zero-order valence-corrected chi connectivity index (χ0v) is 10.8. The average Bonchev–Trinajstić information content (AvgIpc) is 3.03. The van der Waals surface area contributed by atoms with Crippen LogP contribution in [0.5, 0.6) is 0 Å². The molecule has 19 heavy (non-hydrogen) atoms. The number of β-amino-alcohol motifs (C(OH)–C–C–N with tert-alkyl or cyclic N) is 1. The number of hydrogen-bond acceptors (Lipinski definition) is 4. The number of rotatable bonds is 3. The van der Waals surface area contributed by atoms with Crippen LogP contribution in [0.15, 0.2) is 41.1 Å². The molecule has 0 aliphatic carbocycles. The second-order valence-electron chi connectivity index (χ2n) is 4.34. The lowest BCUT2D eigenvalue weighted by Crippen LogP contribution is -2.33. The van der Waals surface area contributed by atoms with Gasteiger partial charge in [-0.3, -0.25) is 14.5 Å². The molecule has 0 radical (unpaired) electrons. The number of amides is 2. The molecule has 1 N–H and O–H groups in total. The highest BCUT2D eigenvalue weighted by atomic mass is 32.1. The van der Waals surface area contributed by atoms with Crippen LogP contribution in [0.2, 0.25) is 0 Å². The van der Waals surface area contributed by atoms with Gasteiger partial charge in [0.1, 0.15) is 0 Å². The Kier molecular flexibility index (Phi) is 2.93. The Morgan fingerprint density at radius 1 is 1.11 bits per heavy atom. The molecule has 2 aromatic rings. The zero-order valence-electron chi connectivity index (χ0n) is 9.95. The quantitative estimate of drug-likeness (QED) is 0.871. The van der Waals surface area contributed by atoms with E-state index >= 15 is 0 Å². The fourth-order valence-corrected chi connectivity index (χ4v) is 2.85. The Balaban J connectivity index is 1.85. The van der Waals surface area contributed by atoms with Gasteiger partial charge in [0, 0.05) is 0 Å². The number of aliphatic hydroxyl groups excluding tert-OH is 1. The largest absolute Gasteiger partial charge is 0.387 e. The molecule has 1 atom stereocenters. The van der Waals surface area contributed by atoms with E-state index < -0.39 is 6.10 Å². The maximum absolute atomic E-state index is 12.1. The number of benzene rings is 1. The smallest absolute Gasteiger partial charge is 0.261 e. The van der Waals surface area contributed by atoms with Crippen molar-refractivity contribution in [3.8, 4) is 0 Å². The summed E-state index contributed by atoms with van der Waals surface area (Å²) in [7, 11) is 0.